The molecule has 1 aliphatic heterocycles. The third-order valence-electron chi connectivity index (χ3n) is 4.70. The molecule has 1 aromatic carbocycles. The average molecular weight is 297 g/mol. The lowest BCUT2D eigenvalue weighted by molar-refractivity contribution is 0.425. The molecule has 0 unspecified atom stereocenters. The molecule has 3 atom stereocenters. The van der Waals surface area contributed by atoms with Crippen LogP contribution in [-0.4, -0.2) is 4.98 Å². The molecule has 0 spiro atoms. The van der Waals surface area contributed by atoms with Crippen LogP contribution in [0.4, 0.5) is 5.69 Å². The molecule has 1 aliphatic carbocycles. The van der Waals surface area contributed by atoms with E-state index in [2.05, 4.69) is 47.6 Å². The number of hydrogen-bond acceptors (Lipinski definition) is 2. The number of allylic oxidation sites excluding steroid dienone is 2. The summed E-state index contributed by atoms with van der Waals surface area (Å²) < 4.78 is 0. The summed E-state index contributed by atoms with van der Waals surface area (Å²) in [6.45, 7) is 2.13. The van der Waals surface area contributed by atoms with Crippen LogP contribution in [0.15, 0.2) is 48.8 Å². The standard InChI is InChI=1S/C18H17ClN2/c1-11-9-13(19)10-16-14-3-2-4-15(14)18(21-17(11)16)12-5-7-20-8-6-12/h2-3,5-10,14-15,18,21H,4H2,1H3/t14-,15+,18-/m1/s1. The van der Waals surface area contributed by atoms with E-state index in [1.54, 1.807) is 0 Å². The number of aromatic nitrogens is 1. The molecule has 1 N–H and O–H groups in total. The fraction of sp³-hybridized carbons (Fsp3) is 0.278. The van der Waals surface area contributed by atoms with Gasteiger partial charge in [-0.15, -0.1) is 0 Å². The number of anilines is 1. The van der Waals surface area contributed by atoms with Crippen LogP contribution in [0.25, 0.3) is 0 Å². The van der Waals surface area contributed by atoms with Crippen LogP contribution in [0, 0.1) is 12.8 Å². The number of nitrogens with zero attached hydrogens (tertiary/aromatic N) is 1. The van der Waals surface area contributed by atoms with Gasteiger partial charge >= 0.3 is 0 Å². The molecule has 106 valence electrons. The highest BCUT2D eigenvalue weighted by Gasteiger charge is 2.38. The van der Waals surface area contributed by atoms with E-state index in [0.717, 1.165) is 11.4 Å². The summed E-state index contributed by atoms with van der Waals surface area (Å²) in [5.74, 6) is 1.01. The van der Waals surface area contributed by atoms with Crippen molar-refractivity contribution >= 4 is 17.3 Å². The number of pyridine rings is 1. The molecule has 0 amide bonds. The minimum atomic E-state index is 0.334. The van der Waals surface area contributed by atoms with Gasteiger partial charge in [-0.25, -0.2) is 0 Å². The minimum absolute atomic E-state index is 0.334. The second-order valence-electron chi connectivity index (χ2n) is 5.94. The van der Waals surface area contributed by atoms with E-state index in [9.17, 15) is 0 Å². The molecule has 1 aromatic heterocycles. The molecule has 2 heterocycles. The van der Waals surface area contributed by atoms with Crippen molar-refractivity contribution in [2.75, 3.05) is 5.32 Å². The third kappa shape index (κ3) is 2.06. The molecule has 21 heavy (non-hydrogen) atoms. The van der Waals surface area contributed by atoms with Gasteiger partial charge in [0, 0.05) is 29.0 Å². The van der Waals surface area contributed by atoms with Gasteiger partial charge in [0.25, 0.3) is 0 Å². The summed E-state index contributed by atoms with van der Waals surface area (Å²) in [7, 11) is 0. The summed E-state index contributed by atoms with van der Waals surface area (Å²) in [6.07, 6.45) is 9.50. The molecule has 0 saturated carbocycles. The Morgan fingerprint density at radius 3 is 2.86 bits per heavy atom. The number of fused-ring (bicyclic) bond motifs is 3. The third-order valence-corrected chi connectivity index (χ3v) is 4.91. The fourth-order valence-electron chi connectivity index (χ4n) is 3.74. The normalized spacial score (nSPS) is 26.1. The Morgan fingerprint density at radius 2 is 2.05 bits per heavy atom. The van der Waals surface area contributed by atoms with Gasteiger partial charge in [0.1, 0.15) is 0 Å². The van der Waals surface area contributed by atoms with Gasteiger partial charge in [-0.05, 0) is 60.2 Å². The Hall–Kier alpha value is -1.80. The molecule has 3 heteroatoms. The van der Waals surface area contributed by atoms with Crippen molar-refractivity contribution in [3.8, 4) is 0 Å². The maximum absolute atomic E-state index is 6.27. The molecular weight excluding hydrogens is 280 g/mol. The molecule has 2 aliphatic rings. The van der Waals surface area contributed by atoms with Gasteiger partial charge in [-0.1, -0.05) is 23.8 Å². The highest BCUT2D eigenvalue weighted by atomic mass is 35.5. The predicted octanol–water partition coefficient (Wildman–Crippen LogP) is 4.87. The van der Waals surface area contributed by atoms with E-state index < -0.39 is 0 Å². The summed E-state index contributed by atoms with van der Waals surface area (Å²) in [5, 5.41) is 4.58. The first-order chi connectivity index (χ1) is 10.2. The number of hydrogen-bond donors (Lipinski definition) is 1. The van der Waals surface area contributed by atoms with Gasteiger partial charge in [0.2, 0.25) is 0 Å². The van der Waals surface area contributed by atoms with E-state index in [-0.39, 0.29) is 0 Å². The monoisotopic (exact) mass is 296 g/mol. The second kappa shape index (κ2) is 4.88. The van der Waals surface area contributed by atoms with Crippen LogP contribution < -0.4 is 5.32 Å². The van der Waals surface area contributed by atoms with E-state index in [1.165, 1.54) is 22.4 Å². The maximum atomic E-state index is 6.27. The van der Waals surface area contributed by atoms with Crippen LogP contribution in [0.5, 0.6) is 0 Å². The topological polar surface area (TPSA) is 24.9 Å². The molecule has 0 saturated heterocycles. The zero-order valence-electron chi connectivity index (χ0n) is 11.9. The summed E-state index contributed by atoms with van der Waals surface area (Å²) >= 11 is 6.27. The van der Waals surface area contributed by atoms with E-state index in [4.69, 9.17) is 11.6 Å². The maximum Gasteiger partial charge on any atom is 0.0555 e. The van der Waals surface area contributed by atoms with E-state index >= 15 is 0 Å². The Morgan fingerprint density at radius 1 is 1.24 bits per heavy atom. The van der Waals surface area contributed by atoms with Crippen LogP contribution in [0.2, 0.25) is 5.02 Å². The first-order valence-corrected chi connectivity index (χ1v) is 7.75. The van der Waals surface area contributed by atoms with E-state index in [0.29, 0.717) is 17.9 Å². The molecule has 0 radical (unpaired) electrons. The van der Waals surface area contributed by atoms with Crippen molar-refractivity contribution in [2.45, 2.75) is 25.3 Å². The highest BCUT2D eigenvalue weighted by molar-refractivity contribution is 6.30. The summed E-state index contributed by atoms with van der Waals surface area (Å²) in [4.78, 5) is 4.14. The predicted molar refractivity (Wildman–Crippen MR) is 86.8 cm³/mol. The van der Waals surface area contributed by atoms with Crippen LogP contribution >= 0.6 is 11.6 Å². The number of nitrogens with one attached hydrogen (secondary N) is 1. The van der Waals surface area contributed by atoms with Crippen molar-refractivity contribution < 1.29 is 0 Å². The highest BCUT2D eigenvalue weighted by Crippen LogP contribution is 2.51. The van der Waals surface area contributed by atoms with Crippen molar-refractivity contribution in [3.05, 3.63) is 70.5 Å². The SMILES string of the molecule is Cc1cc(Cl)cc2c1N[C@H](c1ccncc1)[C@H]1CC=C[C@@H]21. The molecule has 0 fully saturated rings. The number of aryl methyl sites for hydroxylation is 1. The van der Waals surface area contributed by atoms with Crippen molar-refractivity contribution in [2.24, 2.45) is 5.92 Å². The molecule has 4 rings (SSSR count). The Bertz CT molecular complexity index is 709. The van der Waals surface area contributed by atoms with Crippen molar-refractivity contribution in [3.63, 3.8) is 0 Å². The first kappa shape index (κ1) is 12.9. The molecule has 2 aromatic rings. The van der Waals surface area contributed by atoms with Crippen LogP contribution in [0.3, 0.4) is 0 Å². The van der Waals surface area contributed by atoms with Crippen molar-refractivity contribution in [1.82, 2.24) is 4.98 Å². The molecule has 2 nitrogen and oxygen atoms in total. The summed E-state index contributed by atoms with van der Waals surface area (Å²) in [5.41, 5.74) is 5.11. The Labute approximate surface area is 129 Å². The smallest absolute Gasteiger partial charge is 0.0555 e. The van der Waals surface area contributed by atoms with Gasteiger partial charge < -0.3 is 5.32 Å². The van der Waals surface area contributed by atoms with E-state index in [1.807, 2.05) is 18.5 Å². The van der Waals surface area contributed by atoms with Crippen LogP contribution in [0.1, 0.15) is 35.1 Å². The molecule has 0 bridgehead atoms. The van der Waals surface area contributed by atoms with Gasteiger partial charge in [0.15, 0.2) is 0 Å². The largest absolute Gasteiger partial charge is 0.377 e. The van der Waals surface area contributed by atoms with Gasteiger partial charge in [-0.2, -0.15) is 0 Å². The zero-order chi connectivity index (χ0) is 14.4. The lowest BCUT2D eigenvalue weighted by atomic mass is 9.76. The number of rotatable bonds is 1. The zero-order valence-corrected chi connectivity index (χ0v) is 12.6. The number of halogens is 1. The molecular formula is C18H17ClN2. The lowest BCUT2D eigenvalue weighted by Gasteiger charge is -2.38. The summed E-state index contributed by atoms with van der Waals surface area (Å²) in [6, 6.07) is 8.72. The van der Waals surface area contributed by atoms with Crippen molar-refractivity contribution in [1.29, 1.82) is 0 Å². The number of benzene rings is 1. The van der Waals surface area contributed by atoms with Gasteiger partial charge in [-0.3, -0.25) is 4.98 Å². The quantitative estimate of drug-likeness (QED) is 0.759. The fourth-order valence-corrected chi connectivity index (χ4v) is 4.02. The Kier molecular flexibility index (Phi) is 3.00. The average Bonchev–Trinajstić information content (AvgIpc) is 2.97. The second-order valence-corrected chi connectivity index (χ2v) is 6.38. The lowest BCUT2D eigenvalue weighted by Crippen LogP contribution is -2.29. The minimum Gasteiger partial charge on any atom is -0.377 e. The van der Waals surface area contributed by atoms with Crippen LogP contribution in [-0.2, 0) is 0 Å². The Balaban J connectivity index is 1.84. The van der Waals surface area contributed by atoms with Gasteiger partial charge in [0.05, 0.1) is 6.04 Å². The first-order valence-electron chi connectivity index (χ1n) is 7.37.